The number of primary amides is 1. The molecule has 12 nitrogen and oxygen atoms in total. The molecule has 0 aliphatic carbocycles. The van der Waals surface area contributed by atoms with Gasteiger partial charge in [-0.05, 0) is 12.0 Å². The van der Waals surface area contributed by atoms with Crippen molar-refractivity contribution in [2.24, 2.45) is 11.5 Å². The summed E-state index contributed by atoms with van der Waals surface area (Å²) in [6.07, 6.45) is -0.117. The van der Waals surface area contributed by atoms with E-state index in [4.69, 9.17) is 11.5 Å². The molecule has 1 aromatic rings. The van der Waals surface area contributed by atoms with Crippen LogP contribution in [-0.4, -0.2) is 71.1 Å². The van der Waals surface area contributed by atoms with Crippen molar-refractivity contribution in [3.63, 3.8) is 0 Å². The van der Waals surface area contributed by atoms with Gasteiger partial charge in [-0.15, -0.1) is 0 Å². The van der Waals surface area contributed by atoms with Crippen LogP contribution in [0, 0.1) is 0 Å². The Hall–Kier alpha value is -3.51. The molecular weight excluding hydrogens is 410 g/mol. The lowest BCUT2D eigenvalue weighted by Crippen LogP contribution is -2.55. The molecule has 170 valence electrons. The number of carbonyl (C=O) groups is 5. The van der Waals surface area contributed by atoms with E-state index in [1.807, 2.05) is 0 Å². The lowest BCUT2D eigenvalue weighted by atomic mass is 10.1. The van der Waals surface area contributed by atoms with Crippen LogP contribution in [0.3, 0.4) is 0 Å². The molecule has 0 bridgehead atoms. The van der Waals surface area contributed by atoms with Gasteiger partial charge >= 0.3 is 5.97 Å². The summed E-state index contributed by atoms with van der Waals surface area (Å²) in [5.41, 5.74) is 11.3. The maximum Gasteiger partial charge on any atom is 0.326 e. The third-order valence-electron chi connectivity index (χ3n) is 4.19. The Morgan fingerprint density at radius 1 is 0.968 bits per heavy atom. The molecule has 0 aromatic heterocycles. The van der Waals surface area contributed by atoms with E-state index in [0.717, 1.165) is 0 Å². The van der Waals surface area contributed by atoms with E-state index in [1.165, 1.54) is 0 Å². The Morgan fingerprint density at radius 3 is 2.16 bits per heavy atom. The van der Waals surface area contributed by atoms with Gasteiger partial charge < -0.3 is 37.6 Å². The number of aliphatic hydroxyl groups excluding tert-OH is 1. The minimum absolute atomic E-state index is 0.0403. The number of hydrogen-bond acceptors (Lipinski definition) is 7. The third-order valence-corrected chi connectivity index (χ3v) is 4.19. The summed E-state index contributed by atoms with van der Waals surface area (Å²) >= 11 is 0. The first-order chi connectivity index (χ1) is 14.6. The zero-order chi connectivity index (χ0) is 23.4. The van der Waals surface area contributed by atoms with Crippen molar-refractivity contribution in [2.45, 2.75) is 37.4 Å². The Balaban J connectivity index is 2.53. The van der Waals surface area contributed by atoms with Crippen LogP contribution in [0.1, 0.15) is 18.4 Å². The van der Waals surface area contributed by atoms with Crippen LogP contribution in [0.25, 0.3) is 0 Å². The molecule has 9 N–H and O–H groups in total. The van der Waals surface area contributed by atoms with Gasteiger partial charge in [-0.1, -0.05) is 30.3 Å². The fourth-order valence-corrected chi connectivity index (χ4v) is 2.49. The minimum Gasteiger partial charge on any atom is -0.480 e. The molecule has 0 aliphatic heterocycles. The second-order valence-corrected chi connectivity index (χ2v) is 6.72. The minimum atomic E-state index is -1.39. The molecule has 0 heterocycles. The molecule has 1 aromatic carbocycles. The maximum absolute atomic E-state index is 12.1. The van der Waals surface area contributed by atoms with Gasteiger partial charge in [0.05, 0.1) is 19.2 Å². The van der Waals surface area contributed by atoms with E-state index in [9.17, 15) is 34.2 Å². The molecule has 0 spiro atoms. The monoisotopic (exact) mass is 437 g/mol. The zero-order valence-corrected chi connectivity index (χ0v) is 16.7. The number of aliphatic hydroxyl groups is 1. The summed E-state index contributed by atoms with van der Waals surface area (Å²) in [6, 6.07) is 4.96. The van der Waals surface area contributed by atoms with Crippen LogP contribution >= 0.6 is 0 Å². The van der Waals surface area contributed by atoms with Gasteiger partial charge in [0.1, 0.15) is 12.1 Å². The van der Waals surface area contributed by atoms with E-state index in [1.54, 1.807) is 30.3 Å². The molecule has 0 saturated heterocycles. The molecule has 0 saturated carbocycles. The first-order valence-corrected chi connectivity index (χ1v) is 9.43. The first-order valence-electron chi connectivity index (χ1n) is 9.43. The molecule has 31 heavy (non-hydrogen) atoms. The number of hydrogen-bond donors (Lipinski definition) is 7. The van der Waals surface area contributed by atoms with Gasteiger partial charge in [0, 0.05) is 12.8 Å². The van der Waals surface area contributed by atoms with Crippen LogP contribution in [0.2, 0.25) is 0 Å². The number of aliphatic carboxylic acids is 1. The van der Waals surface area contributed by atoms with Gasteiger partial charge in [-0.3, -0.25) is 19.2 Å². The highest BCUT2D eigenvalue weighted by Crippen LogP contribution is 2.03. The van der Waals surface area contributed by atoms with Crippen molar-refractivity contribution in [3.05, 3.63) is 35.9 Å². The second kappa shape index (κ2) is 12.9. The number of carbonyl (C=O) groups excluding carboxylic acids is 4. The van der Waals surface area contributed by atoms with Crippen LogP contribution < -0.4 is 27.4 Å². The summed E-state index contributed by atoms with van der Waals surface area (Å²) in [4.78, 5) is 58.2. The van der Waals surface area contributed by atoms with E-state index < -0.39 is 60.9 Å². The highest BCUT2D eigenvalue weighted by atomic mass is 16.4. The summed E-state index contributed by atoms with van der Waals surface area (Å²) in [5, 5.41) is 25.3. The lowest BCUT2D eigenvalue weighted by molar-refractivity contribution is -0.141. The molecule has 0 fully saturated rings. The van der Waals surface area contributed by atoms with Gasteiger partial charge in [0.15, 0.2) is 0 Å². The largest absolute Gasteiger partial charge is 0.480 e. The summed E-state index contributed by atoms with van der Waals surface area (Å²) in [7, 11) is 0. The van der Waals surface area contributed by atoms with E-state index in [-0.39, 0.29) is 19.3 Å². The van der Waals surface area contributed by atoms with Gasteiger partial charge in [0.25, 0.3) is 0 Å². The summed E-state index contributed by atoms with van der Waals surface area (Å²) < 4.78 is 0. The molecular formula is C19H27N5O7. The number of rotatable bonds is 13. The molecule has 3 atom stereocenters. The van der Waals surface area contributed by atoms with Crippen molar-refractivity contribution in [3.8, 4) is 0 Å². The molecule has 1 rings (SSSR count). The molecule has 3 unspecified atom stereocenters. The average molecular weight is 437 g/mol. The quantitative estimate of drug-likeness (QED) is 0.168. The number of nitrogens with one attached hydrogen (secondary N) is 3. The van der Waals surface area contributed by atoms with E-state index in [2.05, 4.69) is 16.0 Å². The normalized spacial score (nSPS) is 13.4. The van der Waals surface area contributed by atoms with Crippen LogP contribution in [0.4, 0.5) is 0 Å². The summed E-state index contributed by atoms with van der Waals surface area (Å²) in [5.74, 6) is -4.30. The number of amides is 4. The topological polar surface area (TPSA) is 214 Å². The second-order valence-electron chi connectivity index (χ2n) is 6.72. The highest BCUT2D eigenvalue weighted by Gasteiger charge is 2.25. The smallest absolute Gasteiger partial charge is 0.326 e. The Morgan fingerprint density at radius 2 is 1.61 bits per heavy atom. The highest BCUT2D eigenvalue weighted by molar-refractivity contribution is 5.92. The van der Waals surface area contributed by atoms with Gasteiger partial charge in [-0.2, -0.15) is 0 Å². The van der Waals surface area contributed by atoms with Crippen molar-refractivity contribution in [1.29, 1.82) is 0 Å². The number of nitrogens with two attached hydrogens (primary N) is 2. The van der Waals surface area contributed by atoms with E-state index >= 15 is 0 Å². The summed E-state index contributed by atoms with van der Waals surface area (Å²) in [6.45, 7) is -1.34. The van der Waals surface area contributed by atoms with Crippen molar-refractivity contribution in [2.75, 3.05) is 13.2 Å². The van der Waals surface area contributed by atoms with Crippen molar-refractivity contribution in [1.82, 2.24) is 16.0 Å². The van der Waals surface area contributed by atoms with Crippen molar-refractivity contribution < 1.29 is 34.2 Å². The standard InChI is InChI=1S/C19H27N5O7/c20-12(6-7-15(21)26)17(28)24-14(10-25)18(29)22-9-16(27)23-13(19(30)31)8-11-4-2-1-3-5-11/h1-5,12-14,25H,6-10,20H2,(H2,21,26)(H,22,29)(H,23,27)(H,24,28)(H,30,31). The predicted octanol–water partition coefficient (Wildman–Crippen LogP) is -3.02. The number of benzene rings is 1. The van der Waals surface area contributed by atoms with Crippen LogP contribution in [-0.2, 0) is 30.4 Å². The fraction of sp³-hybridized carbons (Fsp3) is 0.421. The third kappa shape index (κ3) is 9.69. The Kier molecular flexibility index (Phi) is 10.6. The van der Waals surface area contributed by atoms with Crippen LogP contribution in [0.15, 0.2) is 30.3 Å². The van der Waals surface area contributed by atoms with E-state index in [0.29, 0.717) is 5.56 Å². The maximum atomic E-state index is 12.1. The zero-order valence-electron chi connectivity index (χ0n) is 16.7. The lowest BCUT2D eigenvalue weighted by Gasteiger charge is -2.19. The fourth-order valence-electron chi connectivity index (χ4n) is 2.49. The Labute approximate surface area is 178 Å². The molecule has 4 amide bonds. The van der Waals surface area contributed by atoms with Crippen molar-refractivity contribution >= 4 is 29.6 Å². The SMILES string of the molecule is NC(=O)CCC(N)C(=O)NC(CO)C(=O)NCC(=O)NC(Cc1ccccc1)C(=O)O. The molecule has 0 radical (unpaired) electrons. The molecule has 12 heteroatoms. The number of carboxylic acid groups (broad SMARTS) is 1. The predicted molar refractivity (Wildman–Crippen MR) is 108 cm³/mol. The van der Waals surface area contributed by atoms with Crippen LogP contribution in [0.5, 0.6) is 0 Å². The number of carboxylic acids is 1. The average Bonchev–Trinajstić information content (AvgIpc) is 2.73. The van der Waals surface area contributed by atoms with Gasteiger partial charge in [-0.25, -0.2) is 4.79 Å². The first kappa shape index (κ1) is 25.5. The molecule has 0 aliphatic rings. The Bertz CT molecular complexity index is 787. The van der Waals surface area contributed by atoms with Gasteiger partial charge in [0.2, 0.25) is 23.6 Å².